The molecular formula is C16H13ClN4S. The van der Waals surface area contributed by atoms with Crippen molar-refractivity contribution in [1.82, 2.24) is 14.8 Å². The van der Waals surface area contributed by atoms with Gasteiger partial charge in [-0.3, -0.25) is 4.57 Å². The molecule has 2 heterocycles. The Balaban J connectivity index is 1.69. The molecular weight excluding hydrogens is 316 g/mol. The molecule has 0 unspecified atom stereocenters. The van der Waals surface area contributed by atoms with E-state index < -0.39 is 0 Å². The zero-order valence-electron chi connectivity index (χ0n) is 11.7. The van der Waals surface area contributed by atoms with Crippen LogP contribution < -0.4 is 4.90 Å². The highest BCUT2D eigenvalue weighted by atomic mass is 35.5. The van der Waals surface area contributed by atoms with Crippen LogP contribution in [0.4, 0.5) is 5.69 Å². The third kappa shape index (κ3) is 2.46. The quantitative estimate of drug-likeness (QED) is 0.708. The van der Waals surface area contributed by atoms with Crippen molar-refractivity contribution in [2.45, 2.75) is 11.8 Å². The van der Waals surface area contributed by atoms with Gasteiger partial charge in [-0.2, -0.15) is 0 Å². The maximum atomic E-state index is 5.96. The standard InChI is InChI=1S/C16H13ClN4S/c17-13-8-6-12(7-9-13)15-18-19-16-21(15)10-20(11-22-16)14-4-2-1-3-5-14/h1-9H,10-11H2. The van der Waals surface area contributed by atoms with E-state index >= 15 is 0 Å². The lowest BCUT2D eigenvalue weighted by molar-refractivity contribution is 0.608. The smallest absolute Gasteiger partial charge is 0.194 e. The predicted molar refractivity (Wildman–Crippen MR) is 90.1 cm³/mol. The zero-order valence-corrected chi connectivity index (χ0v) is 13.3. The zero-order chi connectivity index (χ0) is 14.9. The number of aromatic nitrogens is 3. The Hall–Kier alpha value is -1.98. The number of nitrogens with zero attached hydrogens (tertiary/aromatic N) is 4. The van der Waals surface area contributed by atoms with Gasteiger partial charge < -0.3 is 4.90 Å². The van der Waals surface area contributed by atoms with Gasteiger partial charge in [0.05, 0.1) is 12.5 Å². The molecule has 0 radical (unpaired) electrons. The maximum absolute atomic E-state index is 5.96. The van der Waals surface area contributed by atoms with E-state index in [0.717, 1.165) is 34.1 Å². The van der Waals surface area contributed by atoms with Crippen LogP contribution in [0, 0.1) is 0 Å². The Kier molecular flexibility index (Phi) is 3.52. The summed E-state index contributed by atoms with van der Waals surface area (Å²) in [5.74, 6) is 1.75. The van der Waals surface area contributed by atoms with Gasteiger partial charge in [0.2, 0.25) is 0 Å². The number of halogens is 1. The van der Waals surface area contributed by atoms with E-state index in [9.17, 15) is 0 Å². The number of hydrogen-bond donors (Lipinski definition) is 0. The predicted octanol–water partition coefficient (Wildman–Crippen LogP) is 4.13. The fourth-order valence-electron chi connectivity index (χ4n) is 2.48. The number of fused-ring (bicyclic) bond motifs is 1. The maximum Gasteiger partial charge on any atom is 0.194 e. The van der Waals surface area contributed by atoms with Gasteiger partial charge in [-0.05, 0) is 36.4 Å². The molecule has 4 rings (SSSR count). The largest absolute Gasteiger partial charge is 0.344 e. The molecule has 0 atom stereocenters. The summed E-state index contributed by atoms with van der Waals surface area (Å²) in [6, 6.07) is 18.1. The molecule has 0 bridgehead atoms. The summed E-state index contributed by atoms with van der Waals surface area (Å²) >= 11 is 7.66. The minimum atomic E-state index is 0.724. The first-order valence-electron chi connectivity index (χ1n) is 6.93. The summed E-state index contributed by atoms with van der Waals surface area (Å²) in [5, 5.41) is 10.3. The molecule has 0 saturated heterocycles. The lowest BCUT2D eigenvalue weighted by Gasteiger charge is -2.29. The molecule has 0 spiro atoms. The van der Waals surface area contributed by atoms with Crippen molar-refractivity contribution in [1.29, 1.82) is 0 Å². The number of benzene rings is 2. The Labute approximate surface area is 137 Å². The van der Waals surface area contributed by atoms with E-state index in [4.69, 9.17) is 11.6 Å². The molecule has 0 saturated carbocycles. The molecule has 0 N–H and O–H groups in total. The van der Waals surface area contributed by atoms with Gasteiger partial charge in [-0.1, -0.05) is 41.6 Å². The van der Waals surface area contributed by atoms with Gasteiger partial charge in [0, 0.05) is 16.3 Å². The monoisotopic (exact) mass is 328 g/mol. The molecule has 3 aromatic rings. The molecule has 110 valence electrons. The van der Waals surface area contributed by atoms with Gasteiger partial charge in [0.15, 0.2) is 11.0 Å². The Morgan fingerprint density at radius 1 is 0.955 bits per heavy atom. The average Bonchev–Trinajstić information content (AvgIpc) is 2.99. The first-order valence-corrected chi connectivity index (χ1v) is 8.29. The highest BCUT2D eigenvalue weighted by Crippen LogP contribution is 2.31. The lowest BCUT2D eigenvalue weighted by atomic mass is 10.2. The highest BCUT2D eigenvalue weighted by Gasteiger charge is 2.22. The summed E-state index contributed by atoms with van der Waals surface area (Å²) in [5.41, 5.74) is 2.23. The van der Waals surface area contributed by atoms with Crippen molar-refractivity contribution in [3.8, 4) is 11.4 Å². The molecule has 4 nitrogen and oxygen atoms in total. The Bertz CT molecular complexity index is 786. The summed E-state index contributed by atoms with van der Waals surface area (Å²) < 4.78 is 2.14. The third-order valence-electron chi connectivity index (χ3n) is 3.60. The first kappa shape index (κ1) is 13.7. The van der Waals surface area contributed by atoms with Crippen LogP contribution in [0.1, 0.15) is 0 Å². The number of anilines is 1. The first-order chi connectivity index (χ1) is 10.8. The van der Waals surface area contributed by atoms with Crippen LogP contribution in [0.5, 0.6) is 0 Å². The van der Waals surface area contributed by atoms with Crippen LogP contribution in [0.3, 0.4) is 0 Å². The summed E-state index contributed by atoms with van der Waals surface area (Å²) in [4.78, 5) is 2.31. The van der Waals surface area contributed by atoms with Gasteiger partial charge in [-0.25, -0.2) is 0 Å². The summed E-state index contributed by atoms with van der Waals surface area (Å²) in [7, 11) is 0. The second-order valence-corrected chi connectivity index (χ2v) is 6.38. The van der Waals surface area contributed by atoms with E-state index in [-0.39, 0.29) is 0 Å². The fraction of sp³-hybridized carbons (Fsp3) is 0.125. The molecule has 2 aromatic carbocycles. The van der Waals surface area contributed by atoms with Crippen molar-refractivity contribution in [3.05, 3.63) is 59.6 Å². The fourth-order valence-corrected chi connectivity index (χ4v) is 3.50. The van der Waals surface area contributed by atoms with E-state index in [1.54, 1.807) is 11.8 Å². The Morgan fingerprint density at radius 3 is 2.50 bits per heavy atom. The van der Waals surface area contributed by atoms with Crippen LogP contribution >= 0.6 is 23.4 Å². The Morgan fingerprint density at radius 2 is 1.73 bits per heavy atom. The lowest BCUT2D eigenvalue weighted by Crippen LogP contribution is -2.30. The number of para-hydroxylation sites is 1. The normalized spacial score (nSPS) is 14.0. The van der Waals surface area contributed by atoms with Crippen LogP contribution in [0.25, 0.3) is 11.4 Å². The van der Waals surface area contributed by atoms with E-state index in [1.807, 2.05) is 30.3 Å². The van der Waals surface area contributed by atoms with E-state index in [0.29, 0.717) is 0 Å². The molecule has 0 amide bonds. The van der Waals surface area contributed by atoms with Crippen LogP contribution in [0.15, 0.2) is 59.8 Å². The van der Waals surface area contributed by atoms with Crippen LogP contribution in [-0.2, 0) is 6.67 Å². The molecule has 22 heavy (non-hydrogen) atoms. The van der Waals surface area contributed by atoms with Gasteiger partial charge in [0.25, 0.3) is 0 Å². The number of rotatable bonds is 2. The number of hydrogen-bond acceptors (Lipinski definition) is 4. The van der Waals surface area contributed by atoms with Crippen molar-refractivity contribution in [2.75, 3.05) is 10.8 Å². The second-order valence-electron chi connectivity index (χ2n) is 5.03. The second kappa shape index (κ2) is 5.66. The topological polar surface area (TPSA) is 34.0 Å². The summed E-state index contributed by atoms with van der Waals surface area (Å²) in [6.45, 7) is 0.747. The molecule has 0 fully saturated rings. The van der Waals surface area contributed by atoms with Crippen molar-refractivity contribution in [2.24, 2.45) is 0 Å². The van der Waals surface area contributed by atoms with Gasteiger partial charge >= 0.3 is 0 Å². The average molecular weight is 329 g/mol. The molecule has 0 aliphatic carbocycles. The molecule has 1 aromatic heterocycles. The SMILES string of the molecule is Clc1ccc(-c2nnc3n2CN(c2ccccc2)CS3)cc1. The molecule has 1 aliphatic heterocycles. The number of thioether (sulfide) groups is 1. The van der Waals surface area contributed by atoms with E-state index in [1.165, 1.54) is 5.69 Å². The summed E-state index contributed by atoms with van der Waals surface area (Å²) in [6.07, 6.45) is 0. The third-order valence-corrected chi connectivity index (χ3v) is 4.86. The highest BCUT2D eigenvalue weighted by molar-refractivity contribution is 7.99. The van der Waals surface area contributed by atoms with Crippen LogP contribution in [0.2, 0.25) is 5.02 Å². The van der Waals surface area contributed by atoms with E-state index in [2.05, 4.69) is 43.9 Å². The minimum absolute atomic E-state index is 0.724. The van der Waals surface area contributed by atoms with Crippen molar-refractivity contribution >= 4 is 29.1 Å². The van der Waals surface area contributed by atoms with Gasteiger partial charge in [0.1, 0.15) is 0 Å². The van der Waals surface area contributed by atoms with Crippen LogP contribution in [-0.4, -0.2) is 20.6 Å². The van der Waals surface area contributed by atoms with Gasteiger partial charge in [-0.15, -0.1) is 10.2 Å². The van der Waals surface area contributed by atoms with Crippen molar-refractivity contribution < 1.29 is 0 Å². The molecule has 6 heteroatoms. The minimum Gasteiger partial charge on any atom is -0.344 e. The van der Waals surface area contributed by atoms with Crippen molar-refractivity contribution in [3.63, 3.8) is 0 Å². The molecule has 1 aliphatic rings.